The van der Waals surface area contributed by atoms with Gasteiger partial charge < -0.3 is 15.8 Å². The number of carbonyl (C=O) groups excluding carboxylic acids is 2. The number of hydrogen-bond donors (Lipinski definition) is 2. The van der Waals surface area contributed by atoms with Crippen molar-refractivity contribution in [2.75, 3.05) is 12.8 Å². The van der Waals surface area contributed by atoms with Gasteiger partial charge in [-0.1, -0.05) is 19.3 Å². The van der Waals surface area contributed by atoms with Crippen LogP contribution in [-0.2, 0) is 9.53 Å². The van der Waals surface area contributed by atoms with Crippen LogP contribution in [0.5, 0.6) is 0 Å². The molecule has 0 aromatic heterocycles. The second kappa shape index (κ2) is 5.94. The van der Waals surface area contributed by atoms with Crippen molar-refractivity contribution in [3.05, 3.63) is 29.8 Å². The first kappa shape index (κ1) is 14.4. The van der Waals surface area contributed by atoms with Crippen molar-refractivity contribution in [2.45, 2.75) is 37.6 Å². The summed E-state index contributed by atoms with van der Waals surface area (Å²) in [6.45, 7) is 0. The van der Waals surface area contributed by atoms with Crippen LogP contribution in [0.25, 0.3) is 0 Å². The second-order valence-corrected chi connectivity index (χ2v) is 5.21. The molecule has 0 bridgehead atoms. The Balaban J connectivity index is 2.17. The second-order valence-electron chi connectivity index (χ2n) is 5.21. The summed E-state index contributed by atoms with van der Waals surface area (Å²) in [6, 6.07) is 6.64. The molecule has 1 amide bonds. The van der Waals surface area contributed by atoms with Crippen molar-refractivity contribution in [1.29, 1.82) is 0 Å². The Labute approximate surface area is 118 Å². The first-order valence-electron chi connectivity index (χ1n) is 6.84. The van der Waals surface area contributed by atoms with Crippen molar-refractivity contribution in [2.24, 2.45) is 0 Å². The number of benzene rings is 1. The molecule has 0 aliphatic heterocycles. The van der Waals surface area contributed by atoms with Gasteiger partial charge in [-0.15, -0.1) is 0 Å². The zero-order valence-corrected chi connectivity index (χ0v) is 11.6. The zero-order chi connectivity index (χ0) is 14.6. The fourth-order valence-corrected chi connectivity index (χ4v) is 2.65. The molecule has 0 atom stereocenters. The molecule has 0 heterocycles. The predicted octanol–water partition coefficient (Wildman–Crippen LogP) is 1.87. The van der Waals surface area contributed by atoms with Crippen molar-refractivity contribution >= 4 is 17.6 Å². The molecule has 108 valence electrons. The molecule has 2 rings (SSSR count). The van der Waals surface area contributed by atoms with E-state index < -0.39 is 5.54 Å². The van der Waals surface area contributed by atoms with Gasteiger partial charge in [-0.25, -0.2) is 4.79 Å². The van der Waals surface area contributed by atoms with Crippen LogP contribution in [0.2, 0.25) is 0 Å². The molecule has 1 aliphatic carbocycles. The topological polar surface area (TPSA) is 81.4 Å². The monoisotopic (exact) mass is 276 g/mol. The van der Waals surface area contributed by atoms with Crippen molar-refractivity contribution in [3.8, 4) is 0 Å². The molecule has 1 saturated carbocycles. The Morgan fingerprint density at radius 3 is 2.30 bits per heavy atom. The van der Waals surface area contributed by atoms with Gasteiger partial charge in [-0.2, -0.15) is 0 Å². The maximum atomic E-state index is 12.3. The molecule has 0 spiro atoms. The molecule has 0 unspecified atom stereocenters. The van der Waals surface area contributed by atoms with E-state index in [9.17, 15) is 9.59 Å². The number of carbonyl (C=O) groups is 2. The highest BCUT2D eigenvalue weighted by molar-refractivity contribution is 5.98. The maximum absolute atomic E-state index is 12.3. The van der Waals surface area contributed by atoms with Crippen LogP contribution in [0.15, 0.2) is 24.3 Å². The van der Waals surface area contributed by atoms with Crippen LogP contribution in [0.1, 0.15) is 42.5 Å². The summed E-state index contributed by atoms with van der Waals surface area (Å²) in [5.74, 6) is -0.627. The van der Waals surface area contributed by atoms with Gasteiger partial charge in [0.1, 0.15) is 5.54 Å². The van der Waals surface area contributed by atoms with E-state index in [0.717, 1.165) is 19.3 Å². The smallest absolute Gasteiger partial charge is 0.331 e. The van der Waals surface area contributed by atoms with E-state index in [4.69, 9.17) is 10.5 Å². The molecule has 1 aromatic carbocycles. The van der Waals surface area contributed by atoms with E-state index in [0.29, 0.717) is 24.1 Å². The standard InChI is InChI=1S/C15H20N2O3/c1-20-14(19)15(9-3-2-4-10-15)17-13(18)11-5-7-12(16)8-6-11/h5-8H,2-4,9-10,16H2,1H3,(H,17,18). The van der Waals surface area contributed by atoms with E-state index in [1.54, 1.807) is 24.3 Å². The fourth-order valence-electron chi connectivity index (χ4n) is 2.65. The van der Waals surface area contributed by atoms with E-state index in [1.807, 2.05) is 0 Å². The van der Waals surface area contributed by atoms with Crippen LogP contribution < -0.4 is 11.1 Å². The lowest BCUT2D eigenvalue weighted by Gasteiger charge is -2.35. The lowest BCUT2D eigenvalue weighted by atomic mass is 9.81. The minimum Gasteiger partial charge on any atom is -0.467 e. The zero-order valence-electron chi connectivity index (χ0n) is 11.6. The number of methoxy groups -OCH3 is 1. The molecule has 1 fully saturated rings. The number of nitrogens with one attached hydrogen (secondary N) is 1. The predicted molar refractivity (Wildman–Crippen MR) is 76.2 cm³/mol. The first-order chi connectivity index (χ1) is 9.57. The Kier molecular flexibility index (Phi) is 4.27. The quantitative estimate of drug-likeness (QED) is 0.652. The third-order valence-electron chi connectivity index (χ3n) is 3.81. The van der Waals surface area contributed by atoms with Crippen molar-refractivity contribution < 1.29 is 14.3 Å². The minimum atomic E-state index is -0.883. The first-order valence-corrected chi connectivity index (χ1v) is 6.84. The summed E-state index contributed by atoms with van der Waals surface area (Å²) in [7, 11) is 1.36. The van der Waals surface area contributed by atoms with E-state index in [1.165, 1.54) is 7.11 Å². The number of ether oxygens (including phenoxy) is 1. The minimum absolute atomic E-state index is 0.266. The Morgan fingerprint density at radius 2 is 1.75 bits per heavy atom. The van der Waals surface area contributed by atoms with Crippen LogP contribution >= 0.6 is 0 Å². The van der Waals surface area contributed by atoms with E-state index in [2.05, 4.69) is 5.32 Å². The van der Waals surface area contributed by atoms with Gasteiger partial charge in [0.2, 0.25) is 0 Å². The molecular weight excluding hydrogens is 256 g/mol. The molecule has 0 radical (unpaired) electrons. The molecule has 3 N–H and O–H groups in total. The number of esters is 1. The molecular formula is C15H20N2O3. The van der Waals surface area contributed by atoms with Gasteiger partial charge in [0, 0.05) is 11.3 Å². The number of nitrogen functional groups attached to an aromatic ring is 1. The SMILES string of the molecule is COC(=O)C1(NC(=O)c2ccc(N)cc2)CCCCC1. The fraction of sp³-hybridized carbons (Fsp3) is 0.467. The summed E-state index contributed by atoms with van der Waals surface area (Å²) in [5, 5.41) is 2.86. The molecule has 5 nitrogen and oxygen atoms in total. The molecule has 1 aromatic rings. The van der Waals surface area contributed by atoms with Crippen LogP contribution in [0.4, 0.5) is 5.69 Å². The number of hydrogen-bond acceptors (Lipinski definition) is 4. The average molecular weight is 276 g/mol. The summed E-state index contributed by atoms with van der Waals surface area (Å²) in [4.78, 5) is 24.3. The Bertz CT molecular complexity index is 490. The summed E-state index contributed by atoms with van der Waals surface area (Å²) in [6.07, 6.45) is 4.16. The Hall–Kier alpha value is -2.04. The lowest BCUT2D eigenvalue weighted by Crippen LogP contribution is -2.56. The van der Waals surface area contributed by atoms with Gasteiger partial charge in [-0.05, 0) is 37.1 Å². The summed E-state index contributed by atoms with van der Waals surface area (Å²) < 4.78 is 4.88. The van der Waals surface area contributed by atoms with Gasteiger partial charge in [0.25, 0.3) is 5.91 Å². The maximum Gasteiger partial charge on any atom is 0.331 e. The van der Waals surface area contributed by atoms with Crippen LogP contribution in [-0.4, -0.2) is 24.5 Å². The number of anilines is 1. The van der Waals surface area contributed by atoms with E-state index in [-0.39, 0.29) is 11.9 Å². The third kappa shape index (κ3) is 2.92. The van der Waals surface area contributed by atoms with Crippen LogP contribution in [0, 0.1) is 0 Å². The van der Waals surface area contributed by atoms with Crippen LogP contribution in [0.3, 0.4) is 0 Å². The van der Waals surface area contributed by atoms with E-state index >= 15 is 0 Å². The van der Waals surface area contributed by atoms with Gasteiger partial charge in [-0.3, -0.25) is 4.79 Å². The number of amides is 1. The summed E-state index contributed by atoms with van der Waals surface area (Å²) >= 11 is 0. The molecule has 1 aliphatic rings. The Morgan fingerprint density at radius 1 is 1.15 bits per heavy atom. The largest absolute Gasteiger partial charge is 0.467 e. The number of rotatable bonds is 3. The van der Waals surface area contributed by atoms with Gasteiger partial charge in [0.05, 0.1) is 7.11 Å². The lowest BCUT2D eigenvalue weighted by molar-refractivity contribution is -0.149. The molecule has 0 saturated heterocycles. The molecule has 20 heavy (non-hydrogen) atoms. The summed E-state index contributed by atoms with van der Waals surface area (Å²) in [5.41, 5.74) is 5.81. The average Bonchev–Trinajstić information content (AvgIpc) is 2.48. The highest BCUT2D eigenvalue weighted by Crippen LogP contribution is 2.29. The highest BCUT2D eigenvalue weighted by atomic mass is 16.5. The van der Waals surface area contributed by atoms with Gasteiger partial charge >= 0.3 is 5.97 Å². The number of nitrogens with two attached hydrogens (primary N) is 1. The van der Waals surface area contributed by atoms with Crippen molar-refractivity contribution in [1.82, 2.24) is 5.32 Å². The van der Waals surface area contributed by atoms with Crippen molar-refractivity contribution in [3.63, 3.8) is 0 Å². The highest BCUT2D eigenvalue weighted by Gasteiger charge is 2.42. The molecule has 5 heteroatoms. The van der Waals surface area contributed by atoms with Gasteiger partial charge in [0.15, 0.2) is 0 Å². The third-order valence-corrected chi connectivity index (χ3v) is 3.81. The normalized spacial score (nSPS) is 17.2.